The van der Waals surface area contributed by atoms with Crippen molar-refractivity contribution in [1.29, 1.82) is 0 Å². The number of fused-ring (bicyclic) bond motifs is 1. The van der Waals surface area contributed by atoms with E-state index in [0.29, 0.717) is 5.69 Å². The molecule has 0 spiro atoms. The van der Waals surface area contributed by atoms with Crippen LogP contribution in [-0.4, -0.2) is 42.2 Å². The lowest BCUT2D eigenvalue weighted by Crippen LogP contribution is -2.30. The van der Waals surface area contributed by atoms with Crippen LogP contribution in [0, 0.1) is 10.1 Å². The molecule has 0 fully saturated rings. The van der Waals surface area contributed by atoms with Crippen molar-refractivity contribution in [3.63, 3.8) is 0 Å². The van der Waals surface area contributed by atoms with E-state index in [1.807, 2.05) is 0 Å². The summed E-state index contributed by atoms with van der Waals surface area (Å²) in [5, 5.41) is 18.6. The number of esters is 1. The number of hydrogen-bond donors (Lipinski definition) is 1. The fourth-order valence-electron chi connectivity index (χ4n) is 2.35. The molecule has 2 heterocycles. The Morgan fingerprint density at radius 1 is 1.30 bits per heavy atom. The molecule has 0 saturated carbocycles. The van der Waals surface area contributed by atoms with E-state index in [4.69, 9.17) is 22.7 Å². The third-order valence-electron chi connectivity index (χ3n) is 3.56. The van der Waals surface area contributed by atoms with E-state index in [2.05, 4.69) is 10.2 Å². The summed E-state index contributed by atoms with van der Waals surface area (Å²) in [6.45, 7) is 1.74. The summed E-state index contributed by atoms with van der Waals surface area (Å²) in [5.41, 5.74) is 4.87. The van der Waals surface area contributed by atoms with Crippen molar-refractivity contribution in [1.82, 2.24) is 19.6 Å². The number of nitrogens with two attached hydrogens (primary N) is 1. The van der Waals surface area contributed by atoms with Gasteiger partial charge in [0.25, 0.3) is 5.69 Å². The van der Waals surface area contributed by atoms with Gasteiger partial charge in [-0.1, -0.05) is 0 Å². The molecular weight excluding hydrogens is 376 g/mol. The van der Waals surface area contributed by atoms with Crippen LogP contribution in [0.2, 0.25) is 0 Å². The maximum Gasteiger partial charge on any atom is 0.342 e. The monoisotopic (exact) mass is 388 g/mol. The van der Waals surface area contributed by atoms with Crippen LogP contribution < -0.4 is 11.3 Å². The SMILES string of the molecule is CCOC(=O)c1cn(-c2ccc([N+](=O)[O-])cc2)nc2c(=O)n(C(N)=S)nc1-2. The molecule has 0 amide bonds. The Balaban J connectivity index is 2.24. The second-order valence-corrected chi connectivity index (χ2v) is 5.65. The van der Waals surface area contributed by atoms with Crippen LogP contribution in [-0.2, 0) is 4.74 Å². The van der Waals surface area contributed by atoms with Crippen LogP contribution in [0.5, 0.6) is 0 Å². The number of non-ortho nitro benzene ring substituents is 1. The Morgan fingerprint density at radius 3 is 2.52 bits per heavy atom. The van der Waals surface area contributed by atoms with Gasteiger partial charge in [0.05, 0.1) is 17.2 Å². The number of nitrogens with zero attached hydrogens (tertiary/aromatic N) is 5. The number of ether oxygens (including phenoxy) is 1. The molecule has 1 aromatic rings. The lowest BCUT2D eigenvalue weighted by atomic mass is 10.2. The lowest BCUT2D eigenvalue weighted by molar-refractivity contribution is -0.384. The van der Waals surface area contributed by atoms with E-state index in [-0.39, 0.29) is 34.4 Å². The number of aromatic nitrogens is 4. The lowest BCUT2D eigenvalue weighted by Gasteiger charge is -2.10. The number of benzene rings is 1. The molecule has 0 aliphatic carbocycles. The molecule has 0 radical (unpaired) electrons. The van der Waals surface area contributed by atoms with Gasteiger partial charge >= 0.3 is 11.5 Å². The van der Waals surface area contributed by atoms with Crippen molar-refractivity contribution in [2.45, 2.75) is 6.92 Å². The third-order valence-corrected chi connectivity index (χ3v) is 3.74. The summed E-state index contributed by atoms with van der Waals surface area (Å²) < 4.78 is 6.99. The summed E-state index contributed by atoms with van der Waals surface area (Å²) in [6, 6.07) is 5.40. The molecule has 3 rings (SSSR count). The fourth-order valence-corrected chi connectivity index (χ4v) is 2.48. The largest absolute Gasteiger partial charge is 0.462 e. The van der Waals surface area contributed by atoms with Crippen molar-refractivity contribution in [2.24, 2.45) is 5.73 Å². The number of nitro benzene ring substituents is 1. The van der Waals surface area contributed by atoms with Gasteiger partial charge in [0.1, 0.15) is 11.3 Å². The average Bonchev–Trinajstić information content (AvgIpc) is 2.98. The Hall–Kier alpha value is -3.67. The number of rotatable bonds is 4. The average molecular weight is 388 g/mol. The van der Waals surface area contributed by atoms with Crippen LogP contribution in [0.25, 0.3) is 17.1 Å². The van der Waals surface area contributed by atoms with Crippen molar-refractivity contribution >= 4 is 29.0 Å². The Kier molecular flexibility index (Phi) is 4.64. The number of hydrogen-bond acceptors (Lipinski definition) is 8. The minimum atomic E-state index is -0.715. The standard InChI is InChI=1S/C15H12N6O5S/c1-2-26-14(23)10-7-19(8-3-5-9(6-4-8)21(24)25)17-12-11(10)18-20(13(12)22)15(16)27/h3-7H,2H2,1H3,(H2,16,27). The summed E-state index contributed by atoms with van der Waals surface area (Å²) in [6.07, 6.45) is 1.32. The Bertz CT molecular complexity index is 1090. The summed E-state index contributed by atoms with van der Waals surface area (Å²) in [4.78, 5) is 35.0. The molecule has 0 aromatic heterocycles. The van der Waals surface area contributed by atoms with Gasteiger partial charge in [-0.05, 0) is 31.3 Å². The molecule has 12 heteroatoms. The topological polar surface area (TPSA) is 148 Å². The minimum absolute atomic E-state index is 0.00980. The predicted octanol–water partition coefficient (Wildman–Crippen LogP) is 0.710. The van der Waals surface area contributed by atoms with Gasteiger partial charge in [0.15, 0.2) is 10.8 Å². The maximum absolute atomic E-state index is 12.4. The number of carbonyl (C=O) groups excluding carboxylic acids is 1. The number of nitro groups is 1. The van der Waals surface area contributed by atoms with E-state index < -0.39 is 16.5 Å². The molecule has 0 bridgehead atoms. The number of carbonyl (C=O) groups is 1. The molecule has 138 valence electrons. The highest BCUT2D eigenvalue weighted by Gasteiger charge is 2.27. The number of thiocarbonyl (C=S) groups is 1. The Morgan fingerprint density at radius 2 is 1.96 bits per heavy atom. The fraction of sp³-hybridized carbons (Fsp3) is 0.133. The Labute approximate surface area is 156 Å². The first-order valence-electron chi connectivity index (χ1n) is 7.58. The van der Waals surface area contributed by atoms with Crippen molar-refractivity contribution in [2.75, 3.05) is 6.61 Å². The van der Waals surface area contributed by atoms with Crippen LogP contribution in [0.3, 0.4) is 0 Å². The molecule has 2 aliphatic heterocycles. The molecule has 27 heavy (non-hydrogen) atoms. The third kappa shape index (κ3) is 3.25. The molecule has 11 nitrogen and oxygen atoms in total. The van der Waals surface area contributed by atoms with Gasteiger partial charge in [-0.3, -0.25) is 14.9 Å². The molecule has 2 aliphatic rings. The highest BCUT2D eigenvalue weighted by molar-refractivity contribution is 7.80. The highest BCUT2D eigenvalue weighted by atomic mass is 32.1. The zero-order valence-electron chi connectivity index (χ0n) is 13.9. The second-order valence-electron chi connectivity index (χ2n) is 5.23. The van der Waals surface area contributed by atoms with E-state index in [0.717, 1.165) is 4.68 Å². The summed E-state index contributed by atoms with van der Waals surface area (Å²) in [7, 11) is 0. The first kappa shape index (κ1) is 18.1. The van der Waals surface area contributed by atoms with Crippen molar-refractivity contribution < 1.29 is 14.5 Å². The van der Waals surface area contributed by atoms with Gasteiger partial charge in [0, 0.05) is 18.3 Å². The van der Waals surface area contributed by atoms with E-state index in [1.165, 1.54) is 35.1 Å². The van der Waals surface area contributed by atoms with Gasteiger partial charge in [-0.25, -0.2) is 9.48 Å². The van der Waals surface area contributed by atoms with Gasteiger partial charge in [-0.15, -0.1) is 0 Å². The molecule has 2 N–H and O–H groups in total. The minimum Gasteiger partial charge on any atom is -0.462 e. The maximum atomic E-state index is 12.4. The van der Waals surface area contributed by atoms with Crippen LogP contribution in [0.1, 0.15) is 17.3 Å². The van der Waals surface area contributed by atoms with Crippen LogP contribution >= 0.6 is 12.2 Å². The molecule has 0 atom stereocenters. The zero-order chi connectivity index (χ0) is 19.7. The van der Waals surface area contributed by atoms with E-state index in [1.54, 1.807) is 6.92 Å². The first-order chi connectivity index (χ1) is 12.8. The van der Waals surface area contributed by atoms with Crippen LogP contribution in [0.4, 0.5) is 5.69 Å². The van der Waals surface area contributed by atoms with Crippen LogP contribution in [0.15, 0.2) is 35.3 Å². The quantitative estimate of drug-likeness (QED) is 0.295. The molecular formula is C15H12N6O5S. The predicted molar refractivity (Wildman–Crippen MR) is 97.0 cm³/mol. The van der Waals surface area contributed by atoms with Crippen molar-refractivity contribution in [3.05, 3.63) is 56.5 Å². The highest BCUT2D eigenvalue weighted by Crippen LogP contribution is 2.22. The molecule has 0 saturated heterocycles. The molecule has 1 aromatic carbocycles. The summed E-state index contributed by atoms with van der Waals surface area (Å²) in [5.74, 6) is -0.715. The van der Waals surface area contributed by atoms with Crippen molar-refractivity contribution in [3.8, 4) is 17.1 Å². The zero-order valence-corrected chi connectivity index (χ0v) is 14.7. The second kappa shape index (κ2) is 6.92. The normalized spacial score (nSPS) is 10.7. The van der Waals surface area contributed by atoms with Gasteiger partial charge < -0.3 is 10.5 Å². The smallest absolute Gasteiger partial charge is 0.342 e. The van der Waals surface area contributed by atoms with Gasteiger partial charge in [-0.2, -0.15) is 14.9 Å². The first-order valence-corrected chi connectivity index (χ1v) is 7.98. The summed E-state index contributed by atoms with van der Waals surface area (Å²) >= 11 is 4.78. The van der Waals surface area contributed by atoms with E-state index in [9.17, 15) is 19.7 Å². The molecule has 0 unspecified atom stereocenters. The van der Waals surface area contributed by atoms with Gasteiger partial charge in [0.2, 0.25) is 0 Å². The van der Waals surface area contributed by atoms with E-state index >= 15 is 0 Å².